The summed E-state index contributed by atoms with van der Waals surface area (Å²) in [6, 6.07) is 16.7. The Morgan fingerprint density at radius 2 is 1.80 bits per heavy atom. The Labute approximate surface area is 230 Å². The van der Waals surface area contributed by atoms with Gasteiger partial charge in [-0.3, -0.25) is 9.67 Å². The Balaban J connectivity index is 1.09. The third kappa shape index (κ3) is 5.70. The van der Waals surface area contributed by atoms with Crippen molar-refractivity contribution in [2.45, 2.75) is 19.3 Å². The minimum absolute atomic E-state index is 0.0317. The second kappa shape index (κ2) is 11.0. The summed E-state index contributed by atoms with van der Waals surface area (Å²) in [6.45, 7) is 2.05. The molecule has 0 atom stereocenters. The summed E-state index contributed by atoms with van der Waals surface area (Å²) in [6.07, 6.45) is 8.81. The number of piperidine rings is 1. The van der Waals surface area contributed by atoms with Crippen LogP contribution in [0.15, 0.2) is 79.3 Å². The molecule has 0 bridgehead atoms. The summed E-state index contributed by atoms with van der Waals surface area (Å²) in [5, 5.41) is 10.4. The van der Waals surface area contributed by atoms with Crippen molar-refractivity contribution >= 4 is 34.1 Å². The summed E-state index contributed by atoms with van der Waals surface area (Å²) >= 11 is 0. The zero-order valence-corrected chi connectivity index (χ0v) is 22.0. The van der Waals surface area contributed by atoms with Crippen LogP contribution in [0.2, 0.25) is 0 Å². The number of urea groups is 1. The molecular formula is C30H28FN7O2. The van der Waals surface area contributed by atoms with Crippen LogP contribution in [-0.2, 0) is 7.05 Å². The lowest BCUT2D eigenvalue weighted by molar-refractivity contribution is 0.262. The summed E-state index contributed by atoms with van der Waals surface area (Å²) in [4.78, 5) is 24.1. The monoisotopic (exact) mass is 537 g/mol. The molecule has 3 aromatic heterocycles. The van der Waals surface area contributed by atoms with Crippen LogP contribution in [0, 0.1) is 5.82 Å². The molecule has 2 amide bonds. The fourth-order valence-electron chi connectivity index (χ4n) is 4.76. The van der Waals surface area contributed by atoms with Crippen molar-refractivity contribution in [3.63, 3.8) is 0 Å². The van der Waals surface area contributed by atoms with E-state index in [2.05, 4.69) is 25.6 Å². The van der Waals surface area contributed by atoms with E-state index in [1.165, 1.54) is 31.4 Å². The van der Waals surface area contributed by atoms with E-state index in [1.54, 1.807) is 41.3 Å². The molecule has 10 heteroatoms. The van der Waals surface area contributed by atoms with E-state index in [0.717, 1.165) is 35.4 Å². The molecule has 2 aromatic carbocycles. The number of ether oxygens (including phenoxy) is 1. The van der Waals surface area contributed by atoms with E-state index in [0.29, 0.717) is 17.1 Å². The number of hydrogen-bond acceptors (Lipinski definition) is 6. The molecule has 0 radical (unpaired) electrons. The number of benzene rings is 2. The van der Waals surface area contributed by atoms with Crippen molar-refractivity contribution in [1.82, 2.24) is 19.7 Å². The Morgan fingerprint density at radius 3 is 2.60 bits per heavy atom. The average Bonchev–Trinajstić information content (AvgIpc) is 3.41. The standard InChI is InChI=1S/C30H28FN7O2/c1-37-19-21(18-33-37)28-17-24(11-12-32-28)40-23-7-9-27(25(31)16-23)36-30(39)34-22-6-8-26-20(15-22)5-10-29(35-26)38-13-3-2-4-14-38/h5-12,15-19H,2-4,13-14H2,1H3,(H2,34,36,39). The first-order valence-electron chi connectivity index (χ1n) is 13.2. The maximum absolute atomic E-state index is 14.8. The lowest BCUT2D eigenvalue weighted by atomic mass is 10.1. The fourth-order valence-corrected chi connectivity index (χ4v) is 4.76. The van der Waals surface area contributed by atoms with Crippen LogP contribution in [-0.4, -0.2) is 38.9 Å². The van der Waals surface area contributed by atoms with Crippen molar-refractivity contribution < 1.29 is 13.9 Å². The Kier molecular flexibility index (Phi) is 6.96. The van der Waals surface area contributed by atoms with Crippen LogP contribution in [0.1, 0.15) is 19.3 Å². The number of nitrogens with one attached hydrogen (secondary N) is 2. The van der Waals surface area contributed by atoms with Gasteiger partial charge in [0.15, 0.2) is 0 Å². The minimum Gasteiger partial charge on any atom is -0.457 e. The highest BCUT2D eigenvalue weighted by Crippen LogP contribution is 2.28. The molecule has 9 nitrogen and oxygen atoms in total. The van der Waals surface area contributed by atoms with Gasteiger partial charge in [-0.05, 0) is 67.8 Å². The van der Waals surface area contributed by atoms with Gasteiger partial charge in [0, 0.05) is 61.3 Å². The summed E-state index contributed by atoms with van der Waals surface area (Å²) in [5.74, 6) is 1.15. The van der Waals surface area contributed by atoms with Crippen molar-refractivity contribution in [3.8, 4) is 22.8 Å². The molecule has 1 fully saturated rings. The van der Waals surface area contributed by atoms with Gasteiger partial charge in [0.25, 0.3) is 0 Å². The molecule has 40 heavy (non-hydrogen) atoms. The van der Waals surface area contributed by atoms with E-state index in [1.807, 2.05) is 37.5 Å². The van der Waals surface area contributed by atoms with Gasteiger partial charge in [-0.15, -0.1) is 0 Å². The number of halogens is 1. The number of fused-ring (bicyclic) bond motifs is 1. The molecule has 0 aliphatic carbocycles. The van der Waals surface area contributed by atoms with Gasteiger partial charge in [-0.2, -0.15) is 5.10 Å². The number of anilines is 3. The SMILES string of the molecule is Cn1cc(-c2cc(Oc3ccc(NC(=O)Nc4ccc5nc(N6CCCCC6)ccc5c4)c(F)c3)ccn2)cn1. The topological polar surface area (TPSA) is 97.2 Å². The lowest BCUT2D eigenvalue weighted by Gasteiger charge is -2.27. The van der Waals surface area contributed by atoms with E-state index in [-0.39, 0.29) is 11.4 Å². The first-order valence-corrected chi connectivity index (χ1v) is 13.2. The van der Waals surface area contributed by atoms with E-state index in [9.17, 15) is 9.18 Å². The normalized spacial score (nSPS) is 13.3. The molecule has 202 valence electrons. The molecule has 1 aliphatic heterocycles. The Bertz CT molecular complexity index is 1680. The second-order valence-electron chi connectivity index (χ2n) is 9.73. The van der Waals surface area contributed by atoms with E-state index < -0.39 is 11.8 Å². The first kappa shape index (κ1) is 25.3. The van der Waals surface area contributed by atoms with Gasteiger partial charge in [0.1, 0.15) is 23.1 Å². The van der Waals surface area contributed by atoms with Gasteiger partial charge in [0.2, 0.25) is 0 Å². The molecule has 1 saturated heterocycles. The van der Waals surface area contributed by atoms with Crippen LogP contribution < -0.4 is 20.3 Å². The number of aryl methyl sites for hydroxylation is 1. The second-order valence-corrected chi connectivity index (χ2v) is 9.73. The lowest BCUT2D eigenvalue weighted by Crippen LogP contribution is -2.30. The smallest absolute Gasteiger partial charge is 0.323 e. The van der Waals surface area contributed by atoms with Crippen molar-refractivity contribution in [3.05, 3.63) is 85.1 Å². The molecule has 4 heterocycles. The highest BCUT2D eigenvalue weighted by atomic mass is 19.1. The van der Waals surface area contributed by atoms with E-state index >= 15 is 0 Å². The molecule has 2 N–H and O–H groups in total. The average molecular weight is 538 g/mol. The van der Waals surface area contributed by atoms with E-state index in [4.69, 9.17) is 9.72 Å². The van der Waals surface area contributed by atoms with Crippen molar-refractivity contribution in [2.24, 2.45) is 7.05 Å². The Hall–Kier alpha value is -4.99. The third-order valence-corrected chi connectivity index (χ3v) is 6.77. The number of nitrogens with zero attached hydrogens (tertiary/aromatic N) is 5. The number of amides is 2. The summed E-state index contributed by atoms with van der Waals surface area (Å²) < 4.78 is 22.4. The van der Waals surface area contributed by atoms with Gasteiger partial charge < -0.3 is 20.3 Å². The number of aromatic nitrogens is 4. The number of pyridine rings is 2. The van der Waals surface area contributed by atoms with Crippen LogP contribution in [0.3, 0.4) is 0 Å². The minimum atomic E-state index is -0.623. The largest absolute Gasteiger partial charge is 0.457 e. The third-order valence-electron chi connectivity index (χ3n) is 6.77. The van der Waals surface area contributed by atoms with Crippen LogP contribution in [0.25, 0.3) is 22.2 Å². The molecule has 0 unspecified atom stereocenters. The summed E-state index contributed by atoms with van der Waals surface area (Å²) in [5.41, 5.74) is 3.00. The highest BCUT2D eigenvalue weighted by molar-refractivity contribution is 6.01. The highest BCUT2D eigenvalue weighted by Gasteiger charge is 2.14. The quantitative estimate of drug-likeness (QED) is 0.253. The zero-order valence-electron chi connectivity index (χ0n) is 22.0. The van der Waals surface area contributed by atoms with Crippen LogP contribution in [0.5, 0.6) is 11.5 Å². The van der Waals surface area contributed by atoms with Crippen molar-refractivity contribution in [2.75, 3.05) is 28.6 Å². The van der Waals surface area contributed by atoms with Crippen LogP contribution >= 0.6 is 0 Å². The molecule has 0 saturated carbocycles. The maximum Gasteiger partial charge on any atom is 0.323 e. The predicted molar refractivity (Wildman–Crippen MR) is 153 cm³/mol. The number of carbonyl (C=O) groups is 1. The Morgan fingerprint density at radius 1 is 0.950 bits per heavy atom. The number of hydrogen-bond donors (Lipinski definition) is 2. The number of carbonyl (C=O) groups excluding carboxylic acids is 1. The van der Waals surface area contributed by atoms with Crippen LogP contribution in [0.4, 0.5) is 26.4 Å². The van der Waals surface area contributed by atoms with Gasteiger partial charge >= 0.3 is 6.03 Å². The van der Waals surface area contributed by atoms with Gasteiger partial charge in [-0.1, -0.05) is 0 Å². The fraction of sp³-hybridized carbons (Fsp3) is 0.200. The van der Waals surface area contributed by atoms with Crippen molar-refractivity contribution in [1.29, 1.82) is 0 Å². The molecule has 6 rings (SSSR count). The molecular weight excluding hydrogens is 509 g/mol. The molecule has 1 aliphatic rings. The molecule has 0 spiro atoms. The molecule has 5 aromatic rings. The van der Waals surface area contributed by atoms with Gasteiger partial charge in [-0.25, -0.2) is 14.2 Å². The first-order chi connectivity index (χ1) is 19.5. The number of rotatable bonds is 6. The predicted octanol–water partition coefficient (Wildman–Crippen LogP) is 6.60. The summed E-state index contributed by atoms with van der Waals surface area (Å²) in [7, 11) is 1.83. The van der Waals surface area contributed by atoms with Gasteiger partial charge in [0.05, 0.1) is 23.1 Å². The maximum atomic E-state index is 14.8. The zero-order chi connectivity index (χ0) is 27.5.